The van der Waals surface area contributed by atoms with Crippen LogP contribution in [0.4, 0.5) is 10.5 Å². The highest BCUT2D eigenvalue weighted by Crippen LogP contribution is 2.45. The van der Waals surface area contributed by atoms with Crippen LogP contribution < -0.4 is 10.6 Å². The average molecular weight is 475 g/mol. The number of hydrogen-bond acceptors (Lipinski definition) is 4. The third kappa shape index (κ3) is 5.94. The van der Waals surface area contributed by atoms with Crippen LogP contribution >= 0.6 is 0 Å². The molecular formula is C29H34N2O4. The second-order valence-corrected chi connectivity index (χ2v) is 10.5. The number of urea groups is 1. The lowest BCUT2D eigenvalue weighted by Gasteiger charge is -2.41. The van der Waals surface area contributed by atoms with Crippen molar-refractivity contribution in [2.75, 3.05) is 11.9 Å². The number of anilines is 1. The predicted molar refractivity (Wildman–Crippen MR) is 137 cm³/mol. The van der Waals surface area contributed by atoms with E-state index in [0.717, 1.165) is 18.4 Å². The Morgan fingerprint density at radius 3 is 2.34 bits per heavy atom. The van der Waals surface area contributed by atoms with E-state index < -0.39 is 0 Å². The molecule has 1 aromatic heterocycles. The highest BCUT2D eigenvalue weighted by atomic mass is 16.5. The van der Waals surface area contributed by atoms with E-state index >= 15 is 0 Å². The van der Waals surface area contributed by atoms with Crippen molar-refractivity contribution in [3.63, 3.8) is 0 Å². The summed E-state index contributed by atoms with van der Waals surface area (Å²) in [5.41, 5.74) is 5.05. The molecule has 6 nitrogen and oxygen atoms in total. The monoisotopic (exact) mass is 474 g/mol. The fourth-order valence-corrected chi connectivity index (χ4v) is 4.57. The molecule has 0 aliphatic heterocycles. The van der Waals surface area contributed by atoms with Gasteiger partial charge in [0.2, 0.25) is 0 Å². The van der Waals surface area contributed by atoms with Crippen LogP contribution in [0.25, 0.3) is 0 Å². The lowest BCUT2D eigenvalue weighted by Crippen LogP contribution is -2.34. The Kier molecular flexibility index (Phi) is 7.01. The fraction of sp³-hybridized carbons (Fsp3) is 0.379. The molecule has 0 saturated heterocycles. The van der Waals surface area contributed by atoms with Gasteiger partial charge in [0.05, 0.1) is 25.0 Å². The molecule has 184 valence electrons. The molecule has 0 fully saturated rings. The van der Waals surface area contributed by atoms with Gasteiger partial charge in [-0.25, -0.2) is 9.59 Å². The number of hydrogen-bond donors (Lipinski definition) is 2. The van der Waals surface area contributed by atoms with Gasteiger partial charge in [-0.15, -0.1) is 0 Å². The summed E-state index contributed by atoms with van der Waals surface area (Å²) < 4.78 is 10.8. The van der Waals surface area contributed by atoms with Crippen LogP contribution in [0.15, 0.2) is 65.3 Å². The van der Waals surface area contributed by atoms with Crippen molar-refractivity contribution in [3.05, 3.63) is 88.9 Å². The van der Waals surface area contributed by atoms with E-state index in [1.165, 1.54) is 11.1 Å². The molecule has 0 atom stereocenters. The van der Waals surface area contributed by atoms with E-state index in [2.05, 4.69) is 44.4 Å². The normalized spacial score (nSPS) is 15.7. The molecule has 2 N–H and O–H groups in total. The summed E-state index contributed by atoms with van der Waals surface area (Å²) in [5.74, 6) is 0.395. The molecule has 4 rings (SSSR count). The molecule has 0 spiro atoms. The number of nitrogens with one attached hydrogen (secondary N) is 2. The van der Waals surface area contributed by atoms with Crippen molar-refractivity contribution < 1.29 is 18.7 Å². The van der Waals surface area contributed by atoms with Crippen molar-refractivity contribution in [1.82, 2.24) is 5.32 Å². The molecule has 1 aliphatic carbocycles. The van der Waals surface area contributed by atoms with Gasteiger partial charge in [0, 0.05) is 12.1 Å². The van der Waals surface area contributed by atoms with E-state index in [1.807, 2.05) is 36.4 Å². The maximum Gasteiger partial charge on any atom is 0.338 e. The Morgan fingerprint density at radius 2 is 1.66 bits per heavy atom. The molecular weight excluding hydrogens is 440 g/mol. The van der Waals surface area contributed by atoms with Crippen LogP contribution in [0.2, 0.25) is 0 Å². The minimum atomic E-state index is -0.306. The topological polar surface area (TPSA) is 80.6 Å². The first-order valence-electron chi connectivity index (χ1n) is 12.1. The van der Waals surface area contributed by atoms with Gasteiger partial charge in [0.1, 0.15) is 5.76 Å². The zero-order valence-electron chi connectivity index (χ0n) is 20.9. The second kappa shape index (κ2) is 9.98. The smallest absolute Gasteiger partial charge is 0.338 e. The van der Waals surface area contributed by atoms with Crippen LogP contribution in [-0.4, -0.2) is 18.6 Å². The summed E-state index contributed by atoms with van der Waals surface area (Å²) >= 11 is 0. The van der Waals surface area contributed by atoms with Gasteiger partial charge in [0.15, 0.2) is 0 Å². The standard InChI is InChI=1S/C29H34N2O4/c1-28(2)14-15-29(3,4)25-18-21(9-12-24(25)28)26(32)35-17-13-20-7-10-22(11-8-20)31-27(33)30-19-23-6-5-16-34-23/h5-12,16,18H,13-15,17,19H2,1-4H3,(H2,30,31,33). The van der Waals surface area contributed by atoms with Gasteiger partial charge in [-0.1, -0.05) is 45.9 Å². The van der Waals surface area contributed by atoms with Crippen molar-refractivity contribution in [1.29, 1.82) is 0 Å². The van der Waals surface area contributed by atoms with Crippen LogP contribution in [0.1, 0.15) is 73.3 Å². The Bertz CT molecular complexity index is 1180. The number of benzene rings is 2. The van der Waals surface area contributed by atoms with E-state index in [1.54, 1.807) is 18.4 Å². The number of furan rings is 1. The zero-order valence-corrected chi connectivity index (χ0v) is 20.9. The van der Waals surface area contributed by atoms with Crippen LogP contribution in [0, 0.1) is 0 Å². The van der Waals surface area contributed by atoms with Gasteiger partial charge in [-0.05, 0) is 76.8 Å². The molecule has 0 unspecified atom stereocenters. The van der Waals surface area contributed by atoms with Crippen molar-refractivity contribution in [2.24, 2.45) is 0 Å². The number of rotatable bonds is 7. The summed E-state index contributed by atoms with van der Waals surface area (Å²) in [6, 6.07) is 16.8. The molecule has 1 heterocycles. The Balaban J connectivity index is 1.27. The third-order valence-corrected chi connectivity index (χ3v) is 6.93. The van der Waals surface area contributed by atoms with Crippen molar-refractivity contribution >= 4 is 17.7 Å². The van der Waals surface area contributed by atoms with Gasteiger partial charge >= 0.3 is 12.0 Å². The SMILES string of the molecule is CC1(C)CCC(C)(C)c2cc(C(=O)OCCc3ccc(NC(=O)NCc4ccco4)cc3)ccc21. The van der Waals surface area contributed by atoms with Gasteiger partial charge in [-0.3, -0.25) is 0 Å². The first-order valence-corrected chi connectivity index (χ1v) is 12.1. The lowest BCUT2D eigenvalue weighted by molar-refractivity contribution is 0.0509. The number of carbonyl (C=O) groups is 2. The summed E-state index contributed by atoms with van der Waals surface area (Å²) in [6.45, 7) is 9.65. The van der Waals surface area contributed by atoms with Crippen LogP contribution in [-0.2, 0) is 28.5 Å². The highest BCUT2D eigenvalue weighted by Gasteiger charge is 2.37. The summed E-state index contributed by atoms with van der Waals surface area (Å²) in [6.07, 6.45) is 4.40. The molecule has 35 heavy (non-hydrogen) atoms. The van der Waals surface area contributed by atoms with Crippen molar-refractivity contribution in [2.45, 2.75) is 64.3 Å². The fourth-order valence-electron chi connectivity index (χ4n) is 4.57. The number of ether oxygens (including phenoxy) is 1. The van der Waals surface area contributed by atoms with Crippen molar-refractivity contribution in [3.8, 4) is 0 Å². The third-order valence-electron chi connectivity index (χ3n) is 6.93. The predicted octanol–water partition coefficient (Wildman–Crippen LogP) is 6.35. The minimum Gasteiger partial charge on any atom is -0.467 e. The maximum atomic E-state index is 12.7. The van der Waals surface area contributed by atoms with E-state index in [9.17, 15) is 9.59 Å². The first kappa shape index (κ1) is 24.6. The van der Waals surface area contributed by atoms with Gasteiger partial charge in [-0.2, -0.15) is 0 Å². The molecule has 1 aliphatic rings. The summed E-state index contributed by atoms with van der Waals surface area (Å²) in [7, 11) is 0. The number of amides is 2. The molecule has 0 radical (unpaired) electrons. The average Bonchev–Trinajstić information content (AvgIpc) is 3.35. The Labute approximate surface area is 207 Å². The summed E-state index contributed by atoms with van der Waals surface area (Å²) in [5, 5.41) is 5.53. The number of carbonyl (C=O) groups excluding carboxylic acids is 2. The number of esters is 1. The van der Waals surface area contributed by atoms with E-state index in [0.29, 0.717) is 36.6 Å². The van der Waals surface area contributed by atoms with Crippen LogP contribution in [0.3, 0.4) is 0 Å². The van der Waals surface area contributed by atoms with E-state index in [-0.39, 0.29) is 22.8 Å². The molecule has 0 bridgehead atoms. The zero-order chi connectivity index (χ0) is 25.1. The molecule has 2 aromatic carbocycles. The maximum absolute atomic E-state index is 12.7. The van der Waals surface area contributed by atoms with E-state index in [4.69, 9.17) is 9.15 Å². The largest absolute Gasteiger partial charge is 0.467 e. The molecule has 2 amide bonds. The molecule has 6 heteroatoms. The minimum absolute atomic E-state index is 0.0482. The highest BCUT2D eigenvalue weighted by molar-refractivity contribution is 5.90. The Hall–Kier alpha value is -3.54. The lowest BCUT2D eigenvalue weighted by atomic mass is 9.63. The van der Waals surface area contributed by atoms with Gasteiger partial charge in [0.25, 0.3) is 0 Å². The quantitative estimate of drug-likeness (QED) is 0.391. The summed E-state index contributed by atoms with van der Waals surface area (Å²) in [4.78, 5) is 24.8. The van der Waals surface area contributed by atoms with Crippen LogP contribution in [0.5, 0.6) is 0 Å². The molecule has 0 saturated carbocycles. The van der Waals surface area contributed by atoms with Gasteiger partial charge < -0.3 is 19.8 Å². The molecule has 3 aromatic rings. The Morgan fingerprint density at radius 1 is 0.943 bits per heavy atom. The second-order valence-electron chi connectivity index (χ2n) is 10.5. The number of fused-ring (bicyclic) bond motifs is 1. The first-order chi connectivity index (χ1) is 16.6.